The van der Waals surface area contributed by atoms with Crippen molar-refractivity contribution in [1.82, 2.24) is 0 Å². The van der Waals surface area contributed by atoms with Crippen molar-refractivity contribution < 1.29 is 13.6 Å². The van der Waals surface area contributed by atoms with Gasteiger partial charge in [-0.25, -0.2) is 0 Å². The Morgan fingerprint density at radius 3 is 2.03 bits per heavy atom. The number of rotatable bonds is 6. The number of ether oxygens (including phenoxy) is 1. The third kappa shape index (κ3) is 4.51. The molecule has 0 aliphatic rings. The SMILES string of the molecule is CCCCNc1c(C#N)c(C#N)c2oc3ccccc3c3ccccc3oc2c1Oc1ccccc1Cl. The molecule has 4 aromatic carbocycles. The van der Waals surface area contributed by atoms with E-state index in [1.54, 1.807) is 24.3 Å². The van der Waals surface area contributed by atoms with E-state index in [4.69, 9.17) is 25.2 Å². The Morgan fingerprint density at radius 2 is 1.41 bits per heavy atom. The zero-order valence-electron chi connectivity index (χ0n) is 20.0. The lowest BCUT2D eigenvalue weighted by Gasteiger charge is -2.17. The predicted octanol–water partition coefficient (Wildman–Crippen LogP) is 8.86. The summed E-state index contributed by atoms with van der Waals surface area (Å²) in [4.78, 5) is 0. The van der Waals surface area contributed by atoms with E-state index in [0.717, 1.165) is 23.6 Å². The van der Waals surface area contributed by atoms with Gasteiger partial charge in [-0.05, 0) is 30.7 Å². The highest BCUT2D eigenvalue weighted by molar-refractivity contribution is 6.32. The van der Waals surface area contributed by atoms with Gasteiger partial charge in [-0.15, -0.1) is 0 Å². The fourth-order valence-electron chi connectivity index (χ4n) is 4.16. The standard InChI is InChI=1S/C30H22ClN3O3/c1-2-3-16-34-27-21(17-32)22(18-33)28-30(29(27)37-26-15-9-6-12-23(26)31)36-25-14-8-5-11-20(25)19-10-4-7-13-24(19)35-28/h4-15,34H,2-3,16H2,1H3. The van der Waals surface area contributed by atoms with E-state index in [9.17, 15) is 10.5 Å². The van der Waals surface area contributed by atoms with Gasteiger partial charge in [0.2, 0.25) is 5.58 Å². The van der Waals surface area contributed by atoms with E-state index in [-0.39, 0.29) is 28.0 Å². The van der Waals surface area contributed by atoms with Crippen molar-refractivity contribution in [3.05, 3.63) is 88.9 Å². The van der Waals surface area contributed by atoms with Crippen LogP contribution in [0.15, 0.2) is 81.6 Å². The smallest absolute Gasteiger partial charge is 0.216 e. The topological polar surface area (TPSA) is 95.1 Å². The van der Waals surface area contributed by atoms with Crippen molar-refractivity contribution >= 4 is 50.4 Å². The number of hydrogen-bond acceptors (Lipinski definition) is 6. The van der Waals surface area contributed by atoms with Gasteiger partial charge in [0.05, 0.1) is 5.02 Å². The van der Waals surface area contributed by atoms with Gasteiger partial charge in [0.15, 0.2) is 11.3 Å². The number of anilines is 1. The van der Waals surface area contributed by atoms with Crippen molar-refractivity contribution in [2.24, 2.45) is 0 Å². The Kier molecular flexibility index (Phi) is 6.85. The molecule has 0 radical (unpaired) electrons. The molecule has 7 heteroatoms. The second-order valence-electron chi connectivity index (χ2n) is 8.35. The van der Waals surface area contributed by atoms with E-state index in [2.05, 4.69) is 24.4 Å². The number of benzene rings is 4. The summed E-state index contributed by atoms with van der Waals surface area (Å²) >= 11 is 6.44. The van der Waals surface area contributed by atoms with Crippen molar-refractivity contribution in [3.63, 3.8) is 0 Å². The maximum absolute atomic E-state index is 10.2. The first-order chi connectivity index (χ1) is 18.2. The van der Waals surface area contributed by atoms with Gasteiger partial charge < -0.3 is 18.9 Å². The minimum absolute atomic E-state index is 0.0530. The molecule has 37 heavy (non-hydrogen) atoms. The molecule has 0 aliphatic heterocycles. The van der Waals surface area contributed by atoms with Gasteiger partial charge >= 0.3 is 0 Å². The highest BCUT2D eigenvalue weighted by Gasteiger charge is 2.25. The summed E-state index contributed by atoms with van der Waals surface area (Å²) in [5.41, 5.74) is 1.86. The molecular formula is C30H22ClN3O3. The number of halogens is 1. The monoisotopic (exact) mass is 507 g/mol. The van der Waals surface area contributed by atoms with Gasteiger partial charge in [-0.3, -0.25) is 0 Å². The van der Waals surface area contributed by atoms with E-state index >= 15 is 0 Å². The lowest BCUT2D eigenvalue weighted by Crippen LogP contribution is -2.07. The second kappa shape index (κ2) is 10.5. The van der Waals surface area contributed by atoms with Crippen LogP contribution in [0.4, 0.5) is 5.69 Å². The molecule has 0 spiro atoms. The number of fused-ring (bicyclic) bond motifs is 4. The molecule has 1 heterocycles. The van der Waals surface area contributed by atoms with Crippen molar-refractivity contribution in [2.75, 3.05) is 11.9 Å². The molecular weight excluding hydrogens is 486 g/mol. The Bertz CT molecular complexity index is 1770. The summed E-state index contributed by atoms with van der Waals surface area (Å²) in [7, 11) is 0. The summed E-state index contributed by atoms with van der Waals surface area (Å²) < 4.78 is 19.2. The van der Waals surface area contributed by atoms with Crippen LogP contribution in [0.3, 0.4) is 0 Å². The average Bonchev–Trinajstić information content (AvgIpc) is 2.91. The molecule has 1 N–H and O–H groups in total. The zero-order chi connectivity index (χ0) is 25.8. The van der Waals surface area contributed by atoms with Crippen LogP contribution in [0.1, 0.15) is 30.9 Å². The highest BCUT2D eigenvalue weighted by Crippen LogP contribution is 2.44. The van der Waals surface area contributed by atoms with Crippen molar-refractivity contribution in [3.8, 4) is 23.6 Å². The fraction of sp³-hybridized carbons (Fsp3) is 0.133. The second-order valence-corrected chi connectivity index (χ2v) is 8.75. The van der Waals surface area contributed by atoms with Gasteiger partial charge in [0.25, 0.3) is 0 Å². The molecule has 6 nitrogen and oxygen atoms in total. The van der Waals surface area contributed by atoms with Crippen LogP contribution in [-0.2, 0) is 0 Å². The third-order valence-corrected chi connectivity index (χ3v) is 6.27. The molecule has 0 bridgehead atoms. The molecule has 1 aromatic heterocycles. The molecule has 0 atom stereocenters. The Labute approximate surface area is 218 Å². The van der Waals surface area contributed by atoms with Gasteiger partial charge in [-0.1, -0.05) is 73.5 Å². The van der Waals surface area contributed by atoms with Crippen LogP contribution < -0.4 is 10.1 Å². The number of unbranched alkanes of at least 4 members (excludes halogenated alkanes) is 1. The number of nitrogens with one attached hydrogen (secondary N) is 1. The average molecular weight is 508 g/mol. The Balaban J connectivity index is 2.00. The summed E-state index contributed by atoms with van der Waals surface area (Å²) in [6, 6.07) is 26.4. The lowest BCUT2D eigenvalue weighted by molar-refractivity contribution is 0.474. The van der Waals surface area contributed by atoms with E-state index in [0.29, 0.717) is 34.2 Å². The molecule has 0 aliphatic carbocycles. The molecule has 0 unspecified atom stereocenters. The van der Waals surface area contributed by atoms with E-state index in [1.807, 2.05) is 48.5 Å². The summed E-state index contributed by atoms with van der Waals surface area (Å²) in [6.45, 7) is 2.63. The fourth-order valence-corrected chi connectivity index (χ4v) is 4.33. The minimum Gasteiger partial charge on any atom is -0.451 e. The third-order valence-electron chi connectivity index (χ3n) is 5.96. The maximum atomic E-state index is 10.2. The first-order valence-electron chi connectivity index (χ1n) is 11.9. The summed E-state index contributed by atoms with van der Waals surface area (Å²) in [5, 5.41) is 25.7. The summed E-state index contributed by atoms with van der Waals surface area (Å²) in [5.74, 6) is 0.585. The number of para-hydroxylation sites is 3. The largest absolute Gasteiger partial charge is 0.451 e. The first kappa shape index (κ1) is 24.1. The van der Waals surface area contributed by atoms with Gasteiger partial charge in [0, 0.05) is 17.3 Å². The minimum atomic E-state index is 0.0530. The van der Waals surface area contributed by atoms with Crippen LogP contribution in [-0.4, -0.2) is 6.54 Å². The normalized spacial score (nSPS) is 10.7. The quantitative estimate of drug-likeness (QED) is 0.230. The lowest BCUT2D eigenvalue weighted by atomic mass is 10.0. The van der Waals surface area contributed by atoms with Crippen molar-refractivity contribution in [2.45, 2.75) is 19.8 Å². The number of hydrogen-bond donors (Lipinski definition) is 1. The predicted molar refractivity (Wildman–Crippen MR) is 145 cm³/mol. The molecule has 0 amide bonds. The summed E-state index contributed by atoms with van der Waals surface area (Å²) in [6.07, 6.45) is 1.79. The van der Waals surface area contributed by atoms with Crippen molar-refractivity contribution in [1.29, 1.82) is 10.5 Å². The Hall–Kier alpha value is -4.65. The first-order valence-corrected chi connectivity index (χ1v) is 12.3. The molecule has 0 fully saturated rings. The van der Waals surface area contributed by atoms with Crippen LogP contribution in [0.5, 0.6) is 11.5 Å². The van der Waals surface area contributed by atoms with Crippen LogP contribution in [0.25, 0.3) is 33.1 Å². The molecule has 0 saturated heterocycles. The van der Waals surface area contributed by atoms with E-state index in [1.165, 1.54) is 0 Å². The van der Waals surface area contributed by atoms with Crippen LogP contribution in [0, 0.1) is 22.7 Å². The number of nitriles is 2. The highest BCUT2D eigenvalue weighted by atomic mass is 35.5. The number of nitrogens with zero attached hydrogens (tertiary/aromatic N) is 2. The van der Waals surface area contributed by atoms with Gasteiger partial charge in [-0.2, -0.15) is 10.5 Å². The van der Waals surface area contributed by atoms with Gasteiger partial charge in [0.1, 0.15) is 45.9 Å². The van der Waals surface area contributed by atoms with Crippen LogP contribution >= 0.6 is 11.6 Å². The molecule has 5 aromatic rings. The molecule has 0 saturated carbocycles. The maximum Gasteiger partial charge on any atom is 0.216 e. The zero-order valence-corrected chi connectivity index (χ0v) is 20.8. The molecule has 182 valence electrons. The van der Waals surface area contributed by atoms with Crippen LogP contribution in [0.2, 0.25) is 5.02 Å². The van der Waals surface area contributed by atoms with E-state index < -0.39 is 0 Å². The molecule has 5 rings (SSSR count). The Morgan fingerprint density at radius 1 is 0.811 bits per heavy atom.